The van der Waals surface area contributed by atoms with Crippen molar-refractivity contribution < 1.29 is 9.47 Å². The quantitative estimate of drug-likeness (QED) is 0.653. The van der Waals surface area contributed by atoms with E-state index in [0.717, 1.165) is 31.7 Å². The molecule has 0 amide bonds. The predicted octanol–water partition coefficient (Wildman–Crippen LogP) is 1.32. The van der Waals surface area contributed by atoms with Crippen molar-refractivity contribution in [3.8, 4) is 11.8 Å². The van der Waals surface area contributed by atoms with E-state index in [1.54, 1.807) is 14.2 Å². The molecular weight excluding hydrogens is 256 g/mol. The van der Waals surface area contributed by atoms with Gasteiger partial charge < -0.3 is 19.7 Å². The van der Waals surface area contributed by atoms with Crippen molar-refractivity contribution in [2.24, 2.45) is 0 Å². The topological polar surface area (TPSA) is 59.5 Å². The summed E-state index contributed by atoms with van der Waals surface area (Å²) in [6.45, 7) is 9.18. The number of nitrogens with one attached hydrogen (secondary N) is 1. The minimum absolute atomic E-state index is 0.560. The maximum absolute atomic E-state index is 5.24. The molecule has 0 atom stereocenters. The fourth-order valence-corrected chi connectivity index (χ4v) is 2.08. The Bertz CT molecular complexity index is 365. The van der Waals surface area contributed by atoms with Crippen LogP contribution in [-0.2, 0) is 6.54 Å². The van der Waals surface area contributed by atoms with Crippen LogP contribution < -0.4 is 14.8 Å². The summed E-state index contributed by atoms with van der Waals surface area (Å²) < 4.78 is 10.5. The molecule has 0 spiro atoms. The third-order valence-electron chi connectivity index (χ3n) is 3.15. The molecule has 20 heavy (non-hydrogen) atoms. The second kappa shape index (κ2) is 9.50. The molecule has 0 aliphatic carbocycles. The number of ether oxygens (including phenoxy) is 2. The first-order valence-corrected chi connectivity index (χ1v) is 7.11. The maximum atomic E-state index is 5.24. The highest BCUT2D eigenvalue weighted by atomic mass is 16.5. The molecule has 1 N–H and O–H groups in total. The van der Waals surface area contributed by atoms with Crippen molar-refractivity contribution in [2.75, 3.05) is 40.4 Å². The van der Waals surface area contributed by atoms with Gasteiger partial charge in [-0.3, -0.25) is 0 Å². The second-order valence-corrected chi connectivity index (χ2v) is 4.48. The lowest BCUT2D eigenvalue weighted by Crippen LogP contribution is -2.32. The van der Waals surface area contributed by atoms with Crippen molar-refractivity contribution in [1.82, 2.24) is 20.2 Å². The van der Waals surface area contributed by atoms with Crippen molar-refractivity contribution in [1.29, 1.82) is 0 Å². The van der Waals surface area contributed by atoms with E-state index in [1.807, 2.05) is 0 Å². The number of aromatic nitrogens is 2. The van der Waals surface area contributed by atoms with E-state index in [2.05, 4.69) is 34.0 Å². The molecule has 1 aromatic rings. The standard InChI is InChI=1S/C14H26N4O2/c1-5-8-18(6-2)9-7-15-10-12-13(19-3)16-11-17-14(12)20-4/h11,15H,5-10H2,1-4H3. The number of hydrogen-bond donors (Lipinski definition) is 1. The molecule has 114 valence electrons. The Morgan fingerprint density at radius 1 is 1.10 bits per heavy atom. The van der Waals surface area contributed by atoms with Crippen LogP contribution in [0.5, 0.6) is 11.8 Å². The average Bonchev–Trinajstić information content (AvgIpc) is 2.50. The Labute approximate surface area is 121 Å². The Kier molecular flexibility index (Phi) is 7.91. The van der Waals surface area contributed by atoms with Crippen LogP contribution in [0.15, 0.2) is 6.33 Å². The van der Waals surface area contributed by atoms with Crippen LogP contribution in [0.25, 0.3) is 0 Å². The average molecular weight is 282 g/mol. The summed E-state index contributed by atoms with van der Waals surface area (Å²) >= 11 is 0. The number of nitrogens with zero attached hydrogens (tertiary/aromatic N) is 3. The lowest BCUT2D eigenvalue weighted by Gasteiger charge is -2.19. The smallest absolute Gasteiger partial charge is 0.224 e. The van der Waals surface area contributed by atoms with Crippen molar-refractivity contribution in [3.05, 3.63) is 11.9 Å². The fraction of sp³-hybridized carbons (Fsp3) is 0.714. The molecule has 0 saturated carbocycles. The second-order valence-electron chi connectivity index (χ2n) is 4.48. The molecule has 0 aliphatic rings. The SMILES string of the molecule is CCCN(CC)CCNCc1c(OC)ncnc1OC. The molecule has 0 bridgehead atoms. The van der Waals surface area contributed by atoms with Crippen LogP contribution in [0.1, 0.15) is 25.8 Å². The third-order valence-corrected chi connectivity index (χ3v) is 3.15. The number of rotatable bonds is 10. The molecule has 0 fully saturated rings. The van der Waals surface area contributed by atoms with Gasteiger partial charge in [-0.25, -0.2) is 9.97 Å². The molecule has 1 rings (SSSR count). The first-order chi connectivity index (χ1) is 9.76. The van der Waals surface area contributed by atoms with Crippen molar-refractivity contribution in [2.45, 2.75) is 26.8 Å². The summed E-state index contributed by atoms with van der Waals surface area (Å²) in [5.74, 6) is 1.12. The van der Waals surface area contributed by atoms with Gasteiger partial charge in [0.2, 0.25) is 11.8 Å². The zero-order chi connectivity index (χ0) is 14.8. The lowest BCUT2D eigenvalue weighted by atomic mass is 10.3. The van der Waals surface area contributed by atoms with Gasteiger partial charge in [0.05, 0.1) is 19.8 Å². The summed E-state index contributed by atoms with van der Waals surface area (Å²) in [5.41, 5.74) is 0.857. The largest absolute Gasteiger partial charge is 0.481 e. The fourth-order valence-electron chi connectivity index (χ4n) is 2.08. The first kappa shape index (κ1) is 16.7. The summed E-state index contributed by atoms with van der Waals surface area (Å²) in [6, 6.07) is 0. The molecule has 0 aromatic carbocycles. The van der Waals surface area contributed by atoms with Gasteiger partial charge in [0, 0.05) is 19.6 Å². The monoisotopic (exact) mass is 282 g/mol. The van der Waals surface area contributed by atoms with Gasteiger partial charge in [-0.2, -0.15) is 0 Å². The van der Waals surface area contributed by atoms with E-state index in [9.17, 15) is 0 Å². The predicted molar refractivity (Wildman–Crippen MR) is 79.2 cm³/mol. The van der Waals surface area contributed by atoms with E-state index >= 15 is 0 Å². The van der Waals surface area contributed by atoms with Crippen LogP contribution in [0, 0.1) is 0 Å². The maximum Gasteiger partial charge on any atom is 0.224 e. The van der Waals surface area contributed by atoms with E-state index < -0.39 is 0 Å². The highest BCUT2D eigenvalue weighted by molar-refractivity contribution is 5.34. The molecule has 1 aromatic heterocycles. The number of hydrogen-bond acceptors (Lipinski definition) is 6. The van der Waals surface area contributed by atoms with Crippen molar-refractivity contribution in [3.63, 3.8) is 0 Å². The molecule has 0 saturated heterocycles. The Hall–Kier alpha value is -1.40. The van der Waals surface area contributed by atoms with Crippen LogP contribution in [0.2, 0.25) is 0 Å². The highest BCUT2D eigenvalue weighted by Crippen LogP contribution is 2.22. The number of likely N-dealkylation sites (N-methyl/N-ethyl adjacent to an activating group) is 1. The van der Waals surface area contributed by atoms with Gasteiger partial charge in [-0.05, 0) is 19.5 Å². The van der Waals surface area contributed by atoms with Crippen LogP contribution in [-0.4, -0.2) is 55.3 Å². The molecule has 6 nitrogen and oxygen atoms in total. The Morgan fingerprint density at radius 2 is 1.75 bits per heavy atom. The van der Waals surface area contributed by atoms with Gasteiger partial charge in [-0.15, -0.1) is 0 Å². The zero-order valence-electron chi connectivity index (χ0n) is 13.0. The molecular formula is C14H26N4O2. The van der Waals surface area contributed by atoms with Gasteiger partial charge in [0.25, 0.3) is 0 Å². The highest BCUT2D eigenvalue weighted by Gasteiger charge is 2.12. The summed E-state index contributed by atoms with van der Waals surface area (Å²) in [5, 5.41) is 3.39. The summed E-state index contributed by atoms with van der Waals surface area (Å²) in [7, 11) is 3.21. The van der Waals surface area contributed by atoms with Gasteiger partial charge in [0.1, 0.15) is 6.33 Å². The molecule has 1 heterocycles. The normalized spacial score (nSPS) is 10.8. The Balaban J connectivity index is 2.49. The van der Waals surface area contributed by atoms with E-state index in [1.165, 1.54) is 12.7 Å². The Morgan fingerprint density at radius 3 is 2.25 bits per heavy atom. The van der Waals surface area contributed by atoms with E-state index in [0.29, 0.717) is 18.3 Å². The summed E-state index contributed by atoms with van der Waals surface area (Å²) in [4.78, 5) is 10.6. The minimum Gasteiger partial charge on any atom is -0.481 e. The van der Waals surface area contributed by atoms with Crippen molar-refractivity contribution >= 4 is 0 Å². The van der Waals surface area contributed by atoms with E-state index in [4.69, 9.17) is 9.47 Å². The van der Waals surface area contributed by atoms with Gasteiger partial charge in [0.15, 0.2) is 0 Å². The van der Waals surface area contributed by atoms with Crippen LogP contribution in [0.3, 0.4) is 0 Å². The molecule has 0 aliphatic heterocycles. The zero-order valence-corrected chi connectivity index (χ0v) is 13.0. The van der Waals surface area contributed by atoms with Crippen LogP contribution >= 0.6 is 0 Å². The third kappa shape index (κ3) is 4.94. The lowest BCUT2D eigenvalue weighted by molar-refractivity contribution is 0.286. The first-order valence-electron chi connectivity index (χ1n) is 7.11. The summed E-state index contributed by atoms with van der Waals surface area (Å²) in [6.07, 6.45) is 2.63. The number of methoxy groups -OCH3 is 2. The van der Waals surface area contributed by atoms with Gasteiger partial charge in [-0.1, -0.05) is 13.8 Å². The van der Waals surface area contributed by atoms with Crippen LogP contribution in [0.4, 0.5) is 0 Å². The van der Waals surface area contributed by atoms with Gasteiger partial charge >= 0.3 is 0 Å². The molecule has 6 heteroatoms. The molecule has 0 unspecified atom stereocenters. The minimum atomic E-state index is 0.560. The molecule has 0 radical (unpaired) electrons. The van der Waals surface area contributed by atoms with E-state index in [-0.39, 0.29) is 0 Å².